The van der Waals surface area contributed by atoms with Gasteiger partial charge in [0.1, 0.15) is 5.82 Å². The number of benzene rings is 1. The van der Waals surface area contributed by atoms with Crippen molar-refractivity contribution in [1.29, 1.82) is 0 Å². The second kappa shape index (κ2) is 4.45. The molecule has 2 rings (SSSR count). The molecule has 0 atom stereocenters. The number of nitrogens with zero attached hydrogens (tertiary/aromatic N) is 2. The normalized spacial score (nSPS) is 10.3. The molecule has 2 aromatic rings. The average molecular weight is 226 g/mol. The molecule has 0 aliphatic heterocycles. The summed E-state index contributed by atoms with van der Waals surface area (Å²) in [5.41, 5.74) is 3.28. The minimum absolute atomic E-state index is 0.0505. The molecule has 1 heterocycles. The van der Waals surface area contributed by atoms with Gasteiger partial charge < -0.3 is 0 Å². The van der Waals surface area contributed by atoms with E-state index in [0.717, 1.165) is 22.8 Å². The van der Waals surface area contributed by atoms with Crippen molar-refractivity contribution in [1.82, 2.24) is 9.97 Å². The fourth-order valence-electron chi connectivity index (χ4n) is 1.87. The van der Waals surface area contributed by atoms with Crippen LogP contribution in [0.3, 0.4) is 0 Å². The predicted octanol–water partition coefficient (Wildman–Crippen LogP) is 2.96. The standard InChI is InChI=1S/C14H14N2O/c1-9-8-14(16-11(3)15-9)13-7-5-4-6-12(13)10(2)17/h4-8H,1-3H3. The zero-order valence-corrected chi connectivity index (χ0v) is 10.2. The van der Waals surface area contributed by atoms with Crippen molar-refractivity contribution in [2.24, 2.45) is 0 Å². The zero-order valence-electron chi connectivity index (χ0n) is 10.2. The lowest BCUT2D eigenvalue weighted by Gasteiger charge is -2.07. The lowest BCUT2D eigenvalue weighted by atomic mass is 10.0. The van der Waals surface area contributed by atoms with Crippen LogP contribution in [0, 0.1) is 13.8 Å². The molecule has 0 N–H and O–H groups in total. The Morgan fingerprint density at radius 1 is 1.12 bits per heavy atom. The molecule has 0 unspecified atom stereocenters. The summed E-state index contributed by atoms with van der Waals surface area (Å²) in [6.07, 6.45) is 0. The summed E-state index contributed by atoms with van der Waals surface area (Å²) in [5, 5.41) is 0. The Hall–Kier alpha value is -2.03. The lowest BCUT2D eigenvalue weighted by Crippen LogP contribution is -1.99. The van der Waals surface area contributed by atoms with Crippen LogP contribution in [0.1, 0.15) is 28.8 Å². The summed E-state index contributed by atoms with van der Waals surface area (Å²) in [7, 11) is 0. The van der Waals surface area contributed by atoms with Crippen LogP contribution in [-0.4, -0.2) is 15.8 Å². The molecule has 0 bridgehead atoms. The number of carbonyl (C=O) groups excluding carboxylic acids is 1. The Kier molecular flexibility index (Phi) is 3.00. The molecule has 17 heavy (non-hydrogen) atoms. The van der Waals surface area contributed by atoms with Crippen molar-refractivity contribution in [2.45, 2.75) is 20.8 Å². The summed E-state index contributed by atoms with van der Waals surface area (Å²) in [4.78, 5) is 20.2. The molecule has 0 saturated heterocycles. The number of aromatic nitrogens is 2. The van der Waals surface area contributed by atoms with Gasteiger partial charge in [0.15, 0.2) is 5.78 Å². The highest BCUT2D eigenvalue weighted by Gasteiger charge is 2.10. The predicted molar refractivity (Wildman–Crippen MR) is 66.9 cm³/mol. The van der Waals surface area contributed by atoms with Crippen LogP contribution in [0.15, 0.2) is 30.3 Å². The van der Waals surface area contributed by atoms with E-state index in [1.165, 1.54) is 0 Å². The summed E-state index contributed by atoms with van der Waals surface area (Å²) in [5.74, 6) is 0.771. The van der Waals surface area contributed by atoms with Gasteiger partial charge in [0.25, 0.3) is 0 Å². The maximum atomic E-state index is 11.6. The van der Waals surface area contributed by atoms with Crippen LogP contribution < -0.4 is 0 Å². The number of ketones is 1. The van der Waals surface area contributed by atoms with Crippen LogP contribution in [0.5, 0.6) is 0 Å². The second-order valence-corrected chi connectivity index (χ2v) is 4.04. The number of Topliss-reactive ketones (excluding diaryl/α,β-unsaturated/α-hetero) is 1. The number of hydrogen-bond donors (Lipinski definition) is 0. The summed E-state index contributed by atoms with van der Waals surface area (Å²) in [6.45, 7) is 5.35. The molecule has 1 aromatic carbocycles. The Morgan fingerprint density at radius 3 is 2.47 bits per heavy atom. The largest absolute Gasteiger partial charge is 0.294 e. The van der Waals surface area contributed by atoms with Crippen LogP contribution >= 0.6 is 0 Å². The minimum atomic E-state index is 0.0505. The Balaban J connectivity index is 2.64. The fourth-order valence-corrected chi connectivity index (χ4v) is 1.87. The molecule has 3 heteroatoms. The highest BCUT2D eigenvalue weighted by Crippen LogP contribution is 2.22. The number of aryl methyl sites for hydroxylation is 2. The molecule has 0 fully saturated rings. The Bertz CT molecular complexity index is 556. The van der Waals surface area contributed by atoms with Crippen molar-refractivity contribution in [2.75, 3.05) is 0 Å². The van der Waals surface area contributed by atoms with E-state index in [-0.39, 0.29) is 5.78 Å². The maximum absolute atomic E-state index is 11.6. The molecular formula is C14H14N2O. The molecule has 86 valence electrons. The Labute approximate surface area is 101 Å². The van der Waals surface area contributed by atoms with Gasteiger partial charge in [-0.25, -0.2) is 9.97 Å². The number of carbonyl (C=O) groups is 1. The van der Waals surface area contributed by atoms with E-state index in [4.69, 9.17) is 0 Å². The molecule has 0 radical (unpaired) electrons. The van der Waals surface area contributed by atoms with Crippen LogP contribution in [-0.2, 0) is 0 Å². The van der Waals surface area contributed by atoms with E-state index >= 15 is 0 Å². The summed E-state index contributed by atoms with van der Waals surface area (Å²) in [6, 6.07) is 9.41. The van der Waals surface area contributed by atoms with Crippen LogP contribution in [0.2, 0.25) is 0 Å². The van der Waals surface area contributed by atoms with Gasteiger partial charge in [-0.05, 0) is 26.8 Å². The molecular weight excluding hydrogens is 212 g/mol. The van der Waals surface area contributed by atoms with E-state index in [0.29, 0.717) is 5.56 Å². The van der Waals surface area contributed by atoms with Crippen molar-refractivity contribution in [3.8, 4) is 11.3 Å². The number of rotatable bonds is 2. The highest BCUT2D eigenvalue weighted by atomic mass is 16.1. The third-order valence-electron chi connectivity index (χ3n) is 2.55. The van der Waals surface area contributed by atoms with E-state index in [1.54, 1.807) is 6.92 Å². The maximum Gasteiger partial charge on any atom is 0.160 e. The third-order valence-corrected chi connectivity index (χ3v) is 2.55. The van der Waals surface area contributed by atoms with Crippen molar-refractivity contribution < 1.29 is 4.79 Å². The van der Waals surface area contributed by atoms with E-state index in [9.17, 15) is 4.79 Å². The molecule has 0 spiro atoms. The average Bonchev–Trinajstić information content (AvgIpc) is 2.27. The minimum Gasteiger partial charge on any atom is -0.294 e. The highest BCUT2D eigenvalue weighted by molar-refractivity contribution is 6.00. The van der Waals surface area contributed by atoms with Gasteiger partial charge in [-0.1, -0.05) is 24.3 Å². The molecule has 0 aliphatic rings. The van der Waals surface area contributed by atoms with Crippen molar-refractivity contribution >= 4 is 5.78 Å². The van der Waals surface area contributed by atoms with Gasteiger partial charge in [0.2, 0.25) is 0 Å². The topological polar surface area (TPSA) is 42.9 Å². The quantitative estimate of drug-likeness (QED) is 0.739. The van der Waals surface area contributed by atoms with E-state index in [1.807, 2.05) is 44.2 Å². The van der Waals surface area contributed by atoms with Crippen molar-refractivity contribution in [3.05, 3.63) is 47.4 Å². The van der Waals surface area contributed by atoms with E-state index in [2.05, 4.69) is 9.97 Å². The molecule has 1 aromatic heterocycles. The van der Waals surface area contributed by atoms with Gasteiger partial charge in [0.05, 0.1) is 5.69 Å². The lowest BCUT2D eigenvalue weighted by molar-refractivity contribution is 0.101. The monoisotopic (exact) mass is 226 g/mol. The first-order valence-electron chi connectivity index (χ1n) is 5.50. The summed E-state index contributed by atoms with van der Waals surface area (Å²) < 4.78 is 0. The Morgan fingerprint density at radius 2 is 1.82 bits per heavy atom. The van der Waals surface area contributed by atoms with Gasteiger partial charge in [-0.15, -0.1) is 0 Å². The van der Waals surface area contributed by atoms with E-state index < -0.39 is 0 Å². The number of hydrogen-bond acceptors (Lipinski definition) is 3. The first-order valence-corrected chi connectivity index (χ1v) is 5.50. The first-order chi connectivity index (χ1) is 8.08. The molecule has 3 nitrogen and oxygen atoms in total. The van der Waals surface area contributed by atoms with Gasteiger partial charge in [0, 0.05) is 16.8 Å². The molecule has 0 saturated carbocycles. The van der Waals surface area contributed by atoms with Gasteiger partial charge >= 0.3 is 0 Å². The summed E-state index contributed by atoms with van der Waals surface area (Å²) >= 11 is 0. The third kappa shape index (κ3) is 2.38. The van der Waals surface area contributed by atoms with Gasteiger partial charge in [-0.2, -0.15) is 0 Å². The molecule has 0 amide bonds. The van der Waals surface area contributed by atoms with Gasteiger partial charge in [-0.3, -0.25) is 4.79 Å². The first kappa shape index (κ1) is 11.5. The smallest absolute Gasteiger partial charge is 0.160 e. The molecule has 0 aliphatic carbocycles. The zero-order chi connectivity index (χ0) is 12.4. The van der Waals surface area contributed by atoms with Crippen LogP contribution in [0.4, 0.5) is 0 Å². The fraction of sp³-hybridized carbons (Fsp3) is 0.214. The van der Waals surface area contributed by atoms with Crippen molar-refractivity contribution in [3.63, 3.8) is 0 Å². The second-order valence-electron chi connectivity index (χ2n) is 4.04. The van der Waals surface area contributed by atoms with Crippen LogP contribution in [0.25, 0.3) is 11.3 Å². The SMILES string of the molecule is CC(=O)c1ccccc1-c1cc(C)nc(C)n1.